The lowest BCUT2D eigenvalue weighted by Gasteiger charge is -2.40. The summed E-state index contributed by atoms with van der Waals surface area (Å²) in [7, 11) is 0. The van der Waals surface area contributed by atoms with Crippen molar-refractivity contribution in [2.24, 2.45) is 17.3 Å². The largest absolute Gasteiger partial charge is 0.392 e. The Hall–Kier alpha value is -0.0400. The van der Waals surface area contributed by atoms with Gasteiger partial charge in [0.15, 0.2) is 0 Å². The van der Waals surface area contributed by atoms with Gasteiger partial charge in [-0.15, -0.1) is 0 Å². The van der Waals surface area contributed by atoms with Gasteiger partial charge in [-0.2, -0.15) is 0 Å². The van der Waals surface area contributed by atoms with Gasteiger partial charge in [0.05, 0.1) is 6.10 Å². The van der Waals surface area contributed by atoms with Gasteiger partial charge in [0, 0.05) is 0 Å². The maximum absolute atomic E-state index is 11.0. The topological polar surface area (TPSA) is 20.2 Å². The van der Waals surface area contributed by atoms with Gasteiger partial charge in [-0.05, 0) is 49.4 Å². The first-order chi connectivity index (χ1) is 8.64. The predicted molar refractivity (Wildman–Crippen MR) is 77.6 cm³/mol. The fourth-order valence-electron chi connectivity index (χ4n) is 4.64. The highest BCUT2D eigenvalue weighted by molar-refractivity contribution is 4.94. The van der Waals surface area contributed by atoms with Gasteiger partial charge in [-0.3, -0.25) is 0 Å². The van der Waals surface area contributed by atoms with Crippen LogP contribution in [0.4, 0.5) is 0 Å². The fraction of sp³-hybridized carbons (Fsp3) is 1.00. The Kier molecular flexibility index (Phi) is 5.12. The molecule has 0 amide bonds. The summed E-state index contributed by atoms with van der Waals surface area (Å²) in [4.78, 5) is 0. The third kappa shape index (κ3) is 3.29. The summed E-state index contributed by atoms with van der Waals surface area (Å²) in [5, 5.41) is 11.0. The highest BCUT2D eigenvalue weighted by Crippen LogP contribution is 2.49. The molecule has 0 aromatic carbocycles. The van der Waals surface area contributed by atoms with Gasteiger partial charge >= 0.3 is 0 Å². The molecule has 0 aliphatic heterocycles. The summed E-state index contributed by atoms with van der Waals surface area (Å²) in [5.41, 5.74) is 0.281. The number of hydrogen-bond acceptors (Lipinski definition) is 1. The summed E-state index contributed by atoms with van der Waals surface area (Å²) in [5.74, 6) is 1.33. The maximum Gasteiger partial charge on any atom is 0.0624 e. The van der Waals surface area contributed by atoms with Crippen LogP contribution in [0.5, 0.6) is 0 Å². The van der Waals surface area contributed by atoms with E-state index in [-0.39, 0.29) is 11.5 Å². The SMILES string of the molecule is CC(C)CC1(C(O)C2CCCCCC2)CCCC1. The second-order valence-corrected chi connectivity index (χ2v) is 7.36. The van der Waals surface area contributed by atoms with Crippen molar-refractivity contribution >= 4 is 0 Å². The van der Waals surface area contributed by atoms with Crippen LogP contribution in [0.2, 0.25) is 0 Å². The van der Waals surface area contributed by atoms with Crippen LogP contribution in [0.3, 0.4) is 0 Å². The standard InChI is InChI=1S/C17H32O/c1-14(2)13-17(11-7-8-12-17)16(18)15-9-5-3-4-6-10-15/h14-16,18H,3-13H2,1-2H3. The third-order valence-corrected chi connectivity index (χ3v) is 5.39. The quantitative estimate of drug-likeness (QED) is 0.704. The van der Waals surface area contributed by atoms with Crippen molar-refractivity contribution in [1.29, 1.82) is 0 Å². The van der Waals surface area contributed by atoms with Crippen LogP contribution in [-0.4, -0.2) is 11.2 Å². The Bertz CT molecular complexity index is 232. The minimum Gasteiger partial charge on any atom is -0.392 e. The monoisotopic (exact) mass is 252 g/mol. The molecule has 2 aliphatic rings. The zero-order chi connectivity index (χ0) is 13.0. The van der Waals surface area contributed by atoms with Gasteiger partial charge < -0.3 is 5.11 Å². The maximum atomic E-state index is 11.0. The third-order valence-electron chi connectivity index (χ3n) is 5.39. The van der Waals surface area contributed by atoms with E-state index in [1.54, 1.807) is 0 Å². The van der Waals surface area contributed by atoms with Crippen LogP contribution >= 0.6 is 0 Å². The molecule has 2 rings (SSSR count). The molecular formula is C17H32O. The van der Waals surface area contributed by atoms with E-state index in [1.165, 1.54) is 70.6 Å². The summed E-state index contributed by atoms with van der Waals surface area (Å²) < 4.78 is 0. The van der Waals surface area contributed by atoms with Crippen LogP contribution in [0.25, 0.3) is 0 Å². The van der Waals surface area contributed by atoms with Crippen molar-refractivity contribution in [2.75, 3.05) is 0 Å². The number of aliphatic hydroxyl groups is 1. The fourth-order valence-corrected chi connectivity index (χ4v) is 4.64. The van der Waals surface area contributed by atoms with Crippen LogP contribution in [-0.2, 0) is 0 Å². The average molecular weight is 252 g/mol. The van der Waals surface area contributed by atoms with Crippen LogP contribution in [0, 0.1) is 17.3 Å². The van der Waals surface area contributed by atoms with Gasteiger partial charge in [0.2, 0.25) is 0 Å². The number of rotatable bonds is 4. The molecule has 2 fully saturated rings. The first-order valence-corrected chi connectivity index (χ1v) is 8.32. The van der Waals surface area contributed by atoms with E-state index in [0.717, 1.165) is 5.92 Å². The smallest absolute Gasteiger partial charge is 0.0624 e. The summed E-state index contributed by atoms with van der Waals surface area (Å²) >= 11 is 0. The minimum atomic E-state index is -0.0134. The van der Waals surface area contributed by atoms with Crippen molar-refractivity contribution < 1.29 is 5.11 Å². The van der Waals surface area contributed by atoms with E-state index in [1.807, 2.05) is 0 Å². The normalized spacial score (nSPS) is 27.3. The molecule has 2 aliphatic carbocycles. The predicted octanol–water partition coefficient (Wildman–Crippen LogP) is 4.92. The Labute approximate surface area is 113 Å². The van der Waals surface area contributed by atoms with Gasteiger partial charge in [0.1, 0.15) is 0 Å². The van der Waals surface area contributed by atoms with E-state index >= 15 is 0 Å². The molecule has 0 bridgehead atoms. The molecule has 2 saturated carbocycles. The highest BCUT2D eigenvalue weighted by atomic mass is 16.3. The van der Waals surface area contributed by atoms with Crippen molar-refractivity contribution in [3.63, 3.8) is 0 Å². The Balaban J connectivity index is 2.04. The first kappa shape index (κ1) is 14.4. The van der Waals surface area contributed by atoms with E-state index < -0.39 is 0 Å². The van der Waals surface area contributed by atoms with Crippen molar-refractivity contribution in [1.82, 2.24) is 0 Å². The second-order valence-electron chi connectivity index (χ2n) is 7.36. The highest BCUT2D eigenvalue weighted by Gasteiger charge is 2.43. The molecular weight excluding hydrogens is 220 g/mol. The molecule has 1 unspecified atom stereocenters. The molecule has 0 heterocycles. The van der Waals surface area contributed by atoms with E-state index in [2.05, 4.69) is 13.8 Å². The molecule has 0 radical (unpaired) electrons. The molecule has 1 N–H and O–H groups in total. The second kappa shape index (κ2) is 6.41. The molecule has 18 heavy (non-hydrogen) atoms. The molecule has 0 aromatic rings. The molecule has 1 heteroatoms. The van der Waals surface area contributed by atoms with Crippen molar-refractivity contribution in [3.05, 3.63) is 0 Å². The van der Waals surface area contributed by atoms with E-state index in [4.69, 9.17) is 0 Å². The van der Waals surface area contributed by atoms with Crippen LogP contribution in [0.1, 0.15) is 84.5 Å². The van der Waals surface area contributed by atoms with Crippen molar-refractivity contribution in [2.45, 2.75) is 90.6 Å². The lowest BCUT2D eigenvalue weighted by Crippen LogP contribution is -2.39. The average Bonchev–Trinajstić information content (AvgIpc) is 2.64. The summed E-state index contributed by atoms with van der Waals surface area (Å²) in [6.07, 6.45) is 14.5. The Morgan fingerprint density at radius 3 is 2.00 bits per heavy atom. The zero-order valence-corrected chi connectivity index (χ0v) is 12.5. The summed E-state index contributed by atoms with van der Waals surface area (Å²) in [6, 6.07) is 0. The zero-order valence-electron chi connectivity index (χ0n) is 12.5. The molecule has 1 atom stereocenters. The molecule has 0 saturated heterocycles. The Morgan fingerprint density at radius 2 is 1.50 bits per heavy atom. The molecule has 1 nitrogen and oxygen atoms in total. The summed E-state index contributed by atoms with van der Waals surface area (Å²) in [6.45, 7) is 4.64. The first-order valence-electron chi connectivity index (χ1n) is 8.32. The molecule has 0 aromatic heterocycles. The lowest BCUT2D eigenvalue weighted by atomic mass is 9.68. The number of aliphatic hydroxyl groups excluding tert-OH is 1. The van der Waals surface area contributed by atoms with Gasteiger partial charge in [-0.25, -0.2) is 0 Å². The Morgan fingerprint density at radius 1 is 0.944 bits per heavy atom. The van der Waals surface area contributed by atoms with E-state index in [9.17, 15) is 5.11 Å². The van der Waals surface area contributed by atoms with Crippen LogP contribution < -0.4 is 0 Å². The van der Waals surface area contributed by atoms with E-state index in [0.29, 0.717) is 5.92 Å². The lowest BCUT2D eigenvalue weighted by molar-refractivity contribution is -0.0332. The molecule has 106 valence electrons. The van der Waals surface area contributed by atoms with Gasteiger partial charge in [-0.1, -0.05) is 52.4 Å². The number of hydrogen-bond donors (Lipinski definition) is 1. The van der Waals surface area contributed by atoms with Crippen LogP contribution in [0.15, 0.2) is 0 Å². The van der Waals surface area contributed by atoms with Crippen molar-refractivity contribution in [3.8, 4) is 0 Å². The van der Waals surface area contributed by atoms with Gasteiger partial charge in [0.25, 0.3) is 0 Å². The molecule has 0 spiro atoms. The minimum absolute atomic E-state index is 0.0134.